The molecule has 1 amide bonds. The van der Waals surface area contributed by atoms with Gasteiger partial charge in [-0.25, -0.2) is 0 Å². The zero-order valence-electron chi connectivity index (χ0n) is 19.4. The van der Waals surface area contributed by atoms with Crippen LogP contribution < -0.4 is 10.1 Å². The summed E-state index contributed by atoms with van der Waals surface area (Å²) in [5.41, 5.74) is 3.27. The molecule has 1 aliphatic heterocycles. The standard InChI is InChI=1S/C29H31N3O2/c33-29(30-15-18-32-16-6-7-17-32)20-26(27-21-31-28-14-5-4-13-25(27)28)22-9-8-12-24(19-22)34-23-10-2-1-3-11-23/h1-5,8-14,19,21,26,31H,6-7,15-18,20H2,(H,30,33). The molecule has 174 valence electrons. The van der Waals surface area contributed by atoms with Crippen LogP contribution in [-0.2, 0) is 4.79 Å². The maximum absolute atomic E-state index is 13.0. The zero-order chi connectivity index (χ0) is 23.2. The van der Waals surface area contributed by atoms with Crippen molar-refractivity contribution in [1.82, 2.24) is 15.2 Å². The third-order valence-corrected chi connectivity index (χ3v) is 6.57. The van der Waals surface area contributed by atoms with Gasteiger partial charge in [0.05, 0.1) is 0 Å². The molecular weight excluding hydrogens is 422 g/mol. The van der Waals surface area contributed by atoms with Crippen molar-refractivity contribution in [3.63, 3.8) is 0 Å². The molecule has 1 saturated heterocycles. The highest BCUT2D eigenvalue weighted by Crippen LogP contribution is 2.35. The average Bonchev–Trinajstić information content (AvgIpc) is 3.54. The third-order valence-electron chi connectivity index (χ3n) is 6.57. The van der Waals surface area contributed by atoms with Gasteiger partial charge in [-0.1, -0.05) is 48.5 Å². The summed E-state index contributed by atoms with van der Waals surface area (Å²) in [5.74, 6) is 1.55. The molecule has 5 rings (SSSR count). The molecule has 1 aromatic heterocycles. The molecule has 2 heterocycles. The quantitative estimate of drug-likeness (QED) is 0.342. The smallest absolute Gasteiger partial charge is 0.220 e. The summed E-state index contributed by atoms with van der Waals surface area (Å²) in [5, 5.41) is 4.30. The highest BCUT2D eigenvalue weighted by atomic mass is 16.5. The minimum Gasteiger partial charge on any atom is -0.457 e. The van der Waals surface area contributed by atoms with Gasteiger partial charge >= 0.3 is 0 Å². The number of hydrogen-bond acceptors (Lipinski definition) is 3. The van der Waals surface area contributed by atoms with Crippen molar-refractivity contribution in [3.8, 4) is 11.5 Å². The van der Waals surface area contributed by atoms with E-state index in [-0.39, 0.29) is 11.8 Å². The summed E-state index contributed by atoms with van der Waals surface area (Å²) in [4.78, 5) is 18.8. The monoisotopic (exact) mass is 453 g/mol. The first-order chi connectivity index (χ1) is 16.8. The van der Waals surface area contributed by atoms with Crippen LogP contribution in [0.25, 0.3) is 10.9 Å². The van der Waals surface area contributed by atoms with Crippen LogP contribution in [0.1, 0.15) is 36.3 Å². The molecule has 2 N–H and O–H groups in total. The Balaban J connectivity index is 1.38. The van der Waals surface area contributed by atoms with Crippen LogP contribution in [0.5, 0.6) is 11.5 Å². The van der Waals surface area contributed by atoms with Crippen LogP contribution in [-0.4, -0.2) is 42.0 Å². The van der Waals surface area contributed by atoms with Gasteiger partial charge in [0, 0.05) is 42.5 Å². The van der Waals surface area contributed by atoms with Crippen LogP contribution in [0, 0.1) is 0 Å². The van der Waals surface area contributed by atoms with Crippen LogP contribution in [0.15, 0.2) is 85.1 Å². The first-order valence-corrected chi connectivity index (χ1v) is 12.1. The number of likely N-dealkylation sites (tertiary alicyclic amines) is 1. The third kappa shape index (κ3) is 5.32. The number of carbonyl (C=O) groups is 1. The maximum atomic E-state index is 13.0. The Bertz CT molecular complexity index is 1230. The molecule has 4 aromatic rings. The predicted molar refractivity (Wildman–Crippen MR) is 136 cm³/mol. The SMILES string of the molecule is O=C(CC(c1cccc(Oc2ccccc2)c1)c1c[nH]c2ccccc12)NCCN1CCCC1. The Labute approximate surface area is 200 Å². The molecule has 1 fully saturated rings. The van der Waals surface area contributed by atoms with E-state index < -0.39 is 0 Å². The second-order valence-electron chi connectivity index (χ2n) is 8.93. The van der Waals surface area contributed by atoms with E-state index in [9.17, 15) is 4.79 Å². The normalized spacial score (nSPS) is 14.8. The van der Waals surface area contributed by atoms with Gasteiger partial charge in [0.25, 0.3) is 0 Å². The van der Waals surface area contributed by atoms with Gasteiger partial charge in [-0.2, -0.15) is 0 Å². The van der Waals surface area contributed by atoms with Gasteiger partial charge < -0.3 is 19.9 Å². The van der Waals surface area contributed by atoms with Crippen LogP contribution in [0.3, 0.4) is 0 Å². The lowest BCUT2D eigenvalue weighted by molar-refractivity contribution is -0.121. The number of H-pyrrole nitrogens is 1. The number of para-hydroxylation sites is 2. The number of ether oxygens (including phenoxy) is 1. The van der Waals surface area contributed by atoms with Gasteiger partial charge in [0.15, 0.2) is 0 Å². The van der Waals surface area contributed by atoms with E-state index >= 15 is 0 Å². The Morgan fingerprint density at radius 3 is 2.56 bits per heavy atom. The Morgan fingerprint density at radius 2 is 1.71 bits per heavy atom. The summed E-state index contributed by atoms with van der Waals surface area (Å²) in [7, 11) is 0. The Hall–Kier alpha value is -3.57. The topological polar surface area (TPSA) is 57.4 Å². The number of hydrogen-bond donors (Lipinski definition) is 2. The summed E-state index contributed by atoms with van der Waals surface area (Å²) in [6.45, 7) is 3.89. The van der Waals surface area contributed by atoms with Crippen molar-refractivity contribution < 1.29 is 9.53 Å². The lowest BCUT2D eigenvalue weighted by atomic mass is 9.88. The molecule has 5 nitrogen and oxygen atoms in total. The summed E-state index contributed by atoms with van der Waals surface area (Å²) < 4.78 is 6.09. The molecule has 1 atom stereocenters. The molecule has 5 heteroatoms. The minimum absolute atomic E-state index is 0.0730. The maximum Gasteiger partial charge on any atom is 0.220 e. The number of aromatic nitrogens is 1. The van der Waals surface area contributed by atoms with E-state index in [1.807, 2.05) is 60.8 Å². The second kappa shape index (κ2) is 10.6. The molecule has 0 bridgehead atoms. The van der Waals surface area contributed by atoms with Crippen LogP contribution in [0.2, 0.25) is 0 Å². The number of carbonyl (C=O) groups excluding carboxylic acids is 1. The molecule has 3 aromatic carbocycles. The first-order valence-electron chi connectivity index (χ1n) is 12.1. The molecular formula is C29H31N3O2. The fourth-order valence-corrected chi connectivity index (χ4v) is 4.83. The minimum atomic E-state index is -0.0812. The number of aromatic amines is 1. The highest BCUT2D eigenvalue weighted by Gasteiger charge is 2.22. The van der Waals surface area contributed by atoms with Gasteiger partial charge in [0.1, 0.15) is 11.5 Å². The molecule has 34 heavy (non-hydrogen) atoms. The Morgan fingerprint density at radius 1 is 0.941 bits per heavy atom. The van der Waals surface area contributed by atoms with Crippen molar-refractivity contribution in [3.05, 3.63) is 96.2 Å². The molecule has 0 spiro atoms. The number of rotatable bonds is 9. The molecule has 1 unspecified atom stereocenters. The number of nitrogens with zero attached hydrogens (tertiary/aromatic N) is 1. The van der Waals surface area contributed by atoms with E-state index in [0.717, 1.165) is 53.2 Å². The number of nitrogens with one attached hydrogen (secondary N) is 2. The molecule has 1 aliphatic rings. The van der Waals surface area contributed by atoms with Gasteiger partial charge in [-0.05, 0) is 67.4 Å². The van der Waals surface area contributed by atoms with E-state index in [1.54, 1.807) is 0 Å². The molecule has 0 saturated carbocycles. The van der Waals surface area contributed by atoms with E-state index in [1.165, 1.54) is 12.8 Å². The lowest BCUT2D eigenvalue weighted by Crippen LogP contribution is -2.34. The summed E-state index contributed by atoms with van der Waals surface area (Å²) in [6.07, 6.45) is 4.95. The van der Waals surface area contributed by atoms with Crippen molar-refractivity contribution in [1.29, 1.82) is 0 Å². The van der Waals surface area contributed by atoms with Gasteiger partial charge in [0.2, 0.25) is 5.91 Å². The zero-order valence-corrected chi connectivity index (χ0v) is 19.4. The first kappa shape index (κ1) is 22.2. The van der Waals surface area contributed by atoms with Crippen molar-refractivity contribution in [2.45, 2.75) is 25.2 Å². The largest absolute Gasteiger partial charge is 0.457 e. The summed E-state index contributed by atoms with van der Waals surface area (Å²) in [6, 6.07) is 26.1. The van der Waals surface area contributed by atoms with Crippen LogP contribution in [0.4, 0.5) is 0 Å². The second-order valence-corrected chi connectivity index (χ2v) is 8.93. The fourth-order valence-electron chi connectivity index (χ4n) is 4.83. The highest BCUT2D eigenvalue weighted by molar-refractivity contribution is 5.86. The fraction of sp³-hybridized carbons (Fsp3) is 0.276. The number of benzene rings is 3. The van der Waals surface area contributed by atoms with Crippen LogP contribution >= 0.6 is 0 Å². The molecule has 0 radical (unpaired) electrons. The van der Waals surface area contributed by atoms with Gasteiger partial charge in [-0.15, -0.1) is 0 Å². The Kier molecular flexibility index (Phi) is 6.91. The van der Waals surface area contributed by atoms with E-state index in [2.05, 4.69) is 39.5 Å². The number of fused-ring (bicyclic) bond motifs is 1. The average molecular weight is 454 g/mol. The summed E-state index contributed by atoms with van der Waals surface area (Å²) >= 11 is 0. The van der Waals surface area contributed by atoms with E-state index in [4.69, 9.17) is 4.74 Å². The lowest BCUT2D eigenvalue weighted by Gasteiger charge is -2.19. The van der Waals surface area contributed by atoms with Crippen molar-refractivity contribution in [2.75, 3.05) is 26.2 Å². The molecule has 0 aliphatic carbocycles. The van der Waals surface area contributed by atoms with Crippen molar-refractivity contribution in [2.24, 2.45) is 0 Å². The predicted octanol–water partition coefficient (Wildman–Crippen LogP) is 5.69. The van der Waals surface area contributed by atoms with Crippen molar-refractivity contribution >= 4 is 16.8 Å². The van der Waals surface area contributed by atoms with E-state index in [0.29, 0.717) is 13.0 Å². The van der Waals surface area contributed by atoms with Gasteiger partial charge in [-0.3, -0.25) is 4.79 Å². The number of amides is 1.